The van der Waals surface area contributed by atoms with E-state index in [0.717, 1.165) is 18.5 Å². The van der Waals surface area contributed by atoms with Gasteiger partial charge in [-0.2, -0.15) is 5.10 Å². The van der Waals surface area contributed by atoms with Gasteiger partial charge < -0.3 is 5.11 Å². The number of nitrogens with zero attached hydrogens (tertiary/aromatic N) is 2. The van der Waals surface area contributed by atoms with Crippen LogP contribution in [0, 0.1) is 5.92 Å². The molecule has 74 valence electrons. The van der Waals surface area contributed by atoms with E-state index in [1.54, 1.807) is 4.68 Å². The molecular weight excluding hydrogens is 164 g/mol. The van der Waals surface area contributed by atoms with E-state index in [4.69, 9.17) is 0 Å². The minimum Gasteiger partial charge on any atom is -0.386 e. The molecular formula is C10H18N2O. The maximum absolute atomic E-state index is 9.86. The summed E-state index contributed by atoms with van der Waals surface area (Å²) < 4.78 is 1.72. The summed E-state index contributed by atoms with van der Waals surface area (Å²) in [5, 5.41) is 14.0. The first-order valence-electron chi connectivity index (χ1n) is 4.82. The lowest BCUT2D eigenvalue weighted by Gasteiger charge is -2.15. The van der Waals surface area contributed by atoms with Crippen molar-refractivity contribution in [3.63, 3.8) is 0 Å². The summed E-state index contributed by atoms with van der Waals surface area (Å²) in [4.78, 5) is 0. The molecule has 13 heavy (non-hydrogen) atoms. The molecule has 1 aromatic rings. The maximum atomic E-state index is 9.86. The summed E-state index contributed by atoms with van der Waals surface area (Å²) in [7, 11) is 1.86. The van der Waals surface area contributed by atoms with Crippen molar-refractivity contribution in [3.05, 3.63) is 18.0 Å². The minimum absolute atomic E-state index is 0.292. The molecule has 1 heterocycles. The Balaban J connectivity index is 2.61. The smallest absolute Gasteiger partial charge is 0.100 e. The van der Waals surface area contributed by atoms with Crippen LogP contribution in [0.5, 0.6) is 0 Å². The number of hydrogen-bond donors (Lipinski definition) is 1. The van der Waals surface area contributed by atoms with Gasteiger partial charge in [0.1, 0.15) is 6.10 Å². The van der Waals surface area contributed by atoms with E-state index in [1.807, 2.05) is 19.3 Å². The highest BCUT2D eigenvalue weighted by Gasteiger charge is 2.17. The number of rotatable bonds is 4. The first kappa shape index (κ1) is 10.3. The second-order valence-electron chi connectivity index (χ2n) is 3.63. The highest BCUT2D eigenvalue weighted by atomic mass is 16.3. The van der Waals surface area contributed by atoms with Crippen molar-refractivity contribution in [3.8, 4) is 0 Å². The second-order valence-corrected chi connectivity index (χ2v) is 3.63. The van der Waals surface area contributed by atoms with Crippen LogP contribution in [0.3, 0.4) is 0 Å². The minimum atomic E-state index is -0.416. The van der Waals surface area contributed by atoms with Crippen molar-refractivity contribution in [1.82, 2.24) is 9.78 Å². The van der Waals surface area contributed by atoms with Crippen LogP contribution in [-0.2, 0) is 7.05 Å². The predicted molar refractivity (Wildman–Crippen MR) is 52.2 cm³/mol. The van der Waals surface area contributed by atoms with Crippen LogP contribution in [0.2, 0.25) is 0 Å². The molecule has 0 fully saturated rings. The van der Waals surface area contributed by atoms with Crippen molar-refractivity contribution >= 4 is 0 Å². The van der Waals surface area contributed by atoms with Crippen LogP contribution in [0.25, 0.3) is 0 Å². The maximum Gasteiger partial charge on any atom is 0.100 e. The summed E-state index contributed by atoms with van der Waals surface area (Å²) >= 11 is 0. The molecule has 0 radical (unpaired) electrons. The SMILES string of the molecule is CCCC(C)C(O)c1ccn(C)n1. The molecule has 2 unspecified atom stereocenters. The van der Waals surface area contributed by atoms with E-state index < -0.39 is 6.10 Å². The Morgan fingerprint density at radius 2 is 2.31 bits per heavy atom. The average Bonchev–Trinajstić information content (AvgIpc) is 2.51. The van der Waals surface area contributed by atoms with Crippen LogP contribution < -0.4 is 0 Å². The van der Waals surface area contributed by atoms with Gasteiger partial charge in [0, 0.05) is 13.2 Å². The Kier molecular flexibility index (Phi) is 3.48. The molecule has 0 bridgehead atoms. The Morgan fingerprint density at radius 1 is 1.62 bits per heavy atom. The monoisotopic (exact) mass is 182 g/mol. The first-order chi connectivity index (χ1) is 6.15. The lowest BCUT2D eigenvalue weighted by atomic mass is 9.97. The normalized spacial score (nSPS) is 15.7. The van der Waals surface area contributed by atoms with Crippen LogP contribution in [0.15, 0.2) is 12.3 Å². The first-order valence-corrected chi connectivity index (χ1v) is 4.82. The molecule has 0 spiro atoms. The van der Waals surface area contributed by atoms with Gasteiger partial charge in [-0.15, -0.1) is 0 Å². The molecule has 0 saturated carbocycles. The second kappa shape index (κ2) is 4.42. The van der Waals surface area contributed by atoms with Crippen molar-refractivity contribution < 1.29 is 5.11 Å². The lowest BCUT2D eigenvalue weighted by molar-refractivity contribution is 0.107. The topological polar surface area (TPSA) is 38.0 Å². The number of aryl methyl sites for hydroxylation is 1. The molecule has 3 nitrogen and oxygen atoms in total. The number of hydrogen-bond acceptors (Lipinski definition) is 2. The molecule has 1 rings (SSSR count). The number of aliphatic hydroxyl groups excluding tert-OH is 1. The van der Waals surface area contributed by atoms with Gasteiger partial charge in [-0.3, -0.25) is 4.68 Å². The fourth-order valence-electron chi connectivity index (χ4n) is 1.50. The van der Waals surface area contributed by atoms with E-state index in [1.165, 1.54) is 0 Å². The Hall–Kier alpha value is -0.830. The third-order valence-electron chi connectivity index (χ3n) is 2.32. The number of aliphatic hydroxyl groups is 1. The largest absolute Gasteiger partial charge is 0.386 e. The summed E-state index contributed by atoms with van der Waals surface area (Å²) in [6, 6.07) is 1.87. The Bertz CT molecular complexity index is 257. The molecule has 1 N–H and O–H groups in total. The van der Waals surface area contributed by atoms with Gasteiger partial charge in [-0.1, -0.05) is 20.3 Å². The molecule has 3 heteroatoms. The van der Waals surface area contributed by atoms with Crippen molar-refractivity contribution in [2.24, 2.45) is 13.0 Å². The standard InChI is InChI=1S/C10H18N2O/c1-4-5-8(2)10(13)9-6-7-12(3)11-9/h6-8,10,13H,4-5H2,1-3H3. The highest BCUT2D eigenvalue weighted by molar-refractivity contribution is 5.03. The van der Waals surface area contributed by atoms with E-state index in [2.05, 4.69) is 18.9 Å². The molecule has 0 saturated heterocycles. The molecule has 2 atom stereocenters. The molecule has 0 aromatic carbocycles. The third kappa shape index (κ3) is 2.56. The van der Waals surface area contributed by atoms with Gasteiger partial charge in [0.2, 0.25) is 0 Å². The van der Waals surface area contributed by atoms with Gasteiger partial charge in [0.25, 0.3) is 0 Å². The lowest BCUT2D eigenvalue weighted by Crippen LogP contribution is -2.10. The van der Waals surface area contributed by atoms with Crippen LogP contribution >= 0.6 is 0 Å². The molecule has 0 aliphatic heterocycles. The highest BCUT2D eigenvalue weighted by Crippen LogP contribution is 2.23. The quantitative estimate of drug-likeness (QED) is 0.772. The fourth-order valence-corrected chi connectivity index (χ4v) is 1.50. The summed E-state index contributed by atoms with van der Waals surface area (Å²) in [5.74, 6) is 0.292. The van der Waals surface area contributed by atoms with Gasteiger partial charge in [0.15, 0.2) is 0 Å². The van der Waals surface area contributed by atoms with E-state index in [0.29, 0.717) is 5.92 Å². The van der Waals surface area contributed by atoms with E-state index in [9.17, 15) is 5.11 Å². The van der Waals surface area contributed by atoms with Crippen molar-refractivity contribution in [2.75, 3.05) is 0 Å². The summed E-state index contributed by atoms with van der Waals surface area (Å²) in [5.41, 5.74) is 0.781. The predicted octanol–water partition coefficient (Wildman–Crippen LogP) is 1.89. The zero-order chi connectivity index (χ0) is 9.84. The summed E-state index contributed by atoms with van der Waals surface area (Å²) in [6.07, 6.45) is 3.58. The number of aromatic nitrogens is 2. The molecule has 0 aliphatic carbocycles. The summed E-state index contributed by atoms with van der Waals surface area (Å²) in [6.45, 7) is 4.19. The van der Waals surface area contributed by atoms with Gasteiger partial charge in [-0.25, -0.2) is 0 Å². The zero-order valence-electron chi connectivity index (χ0n) is 8.57. The van der Waals surface area contributed by atoms with E-state index in [-0.39, 0.29) is 0 Å². The van der Waals surface area contributed by atoms with Crippen LogP contribution in [0.4, 0.5) is 0 Å². The van der Waals surface area contributed by atoms with Gasteiger partial charge in [-0.05, 0) is 18.4 Å². The van der Waals surface area contributed by atoms with Gasteiger partial charge >= 0.3 is 0 Å². The van der Waals surface area contributed by atoms with Crippen LogP contribution in [0.1, 0.15) is 38.5 Å². The van der Waals surface area contributed by atoms with Crippen molar-refractivity contribution in [2.45, 2.75) is 32.8 Å². The average molecular weight is 182 g/mol. The Morgan fingerprint density at radius 3 is 2.77 bits per heavy atom. The van der Waals surface area contributed by atoms with E-state index >= 15 is 0 Å². The molecule has 0 amide bonds. The fraction of sp³-hybridized carbons (Fsp3) is 0.700. The van der Waals surface area contributed by atoms with Gasteiger partial charge in [0.05, 0.1) is 5.69 Å². The van der Waals surface area contributed by atoms with Crippen LogP contribution in [-0.4, -0.2) is 14.9 Å². The zero-order valence-corrected chi connectivity index (χ0v) is 8.57. The Labute approximate surface area is 79.4 Å². The molecule has 1 aromatic heterocycles. The van der Waals surface area contributed by atoms with Crippen molar-refractivity contribution in [1.29, 1.82) is 0 Å². The third-order valence-corrected chi connectivity index (χ3v) is 2.32. The molecule has 0 aliphatic rings.